The van der Waals surface area contributed by atoms with Crippen LogP contribution in [-0.4, -0.2) is 31.0 Å². The van der Waals surface area contributed by atoms with Gasteiger partial charge in [-0.25, -0.2) is 18.2 Å². The molecule has 0 aliphatic rings. The number of nitrogens with zero attached hydrogens (tertiary/aromatic N) is 2. The molecule has 0 amide bonds. The summed E-state index contributed by atoms with van der Waals surface area (Å²) >= 11 is 5.76. The lowest BCUT2D eigenvalue weighted by atomic mass is 10.3. The van der Waals surface area contributed by atoms with Crippen molar-refractivity contribution in [2.75, 3.05) is 10.8 Å². The van der Waals surface area contributed by atoms with Gasteiger partial charge in [0.05, 0.1) is 4.90 Å². The Hall–Kier alpha value is -2.12. The Kier molecular flexibility index (Phi) is 4.68. The molecule has 2 rings (SSSR count). The van der Waals surface area contributed by atoms with E-state index >= 15 is 0 Å². The van der Waals surface area contributed by atoms with Crippen molar-refractivity contribution in [1.82, 2.24) is 4.98 Å². The maximum absolute atomic E-state index is 12.7. The third-order valence-corrected chi connectivity index (χ3v) is 5.04. The first-order chi connectivity index (χ1) is 10.4. The molecule has 1 aromatic heterocycles. The quantitative estimate of drug-likeness (QED) is 0.904. The minimum atomic E-state index is -3.84. The minimum Gasteiger partial charge on any atom is -0.477 e. The molecule has 0 atom stereocenters. The first kappa shape index (κ1) is 16.3. The van der Waals surface area contributed by atoms with Gasteiger partial charge in [0.25, 0.3) is 10.0 Å². The van der Waals surface area contributed by atoms with Crippen molar-refractivity contribution in [2.45, 2.75) is 11.8 Å². The number of rotatable bonds is 5. The van der Waals surface area contributed by atoms with Crippen molar-refractivity contribution in [3.05, 3.63) is 53.2 Å². The zero-order valence-corrected chi connectivity index (χ0v) is 13.2. The van der Waals surface area contributed by atoms with Crippen LogP contribution in [0.3, 0.4) is 0 Å². The van der Waals surface area contributed by atoms with Gasteiger partial charge in [-0.1, -0.05) is 17.7 Å². The molecule has 0 aliphatic heterocycles. The third kappa shape index (κ3) is 3.20. The van der Waals surface area contributed by atoms with Crippen LogP contribution in [0.15, 0.2) is 47.4 Å². The molecule has 22 heavy (non-hydrogen) atoms. The monoisotopic (exact) mass is 340 g/mol. The number of carboxylic acids is 1. The molecule has 0 bridgehead atoms. The molecule has 8 heteroatoms. The van der Waals surface area contributed by atoms with Crippen molar-refractivity contribution in [3.63, 3.8) is 0 Å². The number of hydrogen-bond acceptors (Lipinski definition) is 4. The molecule has 0 saturated heterocycles. The van der Waals surface area contributed by atoms with Crippen molar-refractivity contribution in [1.29, 1.82) is 0 Å². The Balaban J connectivity index is 2.49. The highest BCUT2D eigenvalue weighted by atomic mass is 35.5. The summed E-state index contributed by atoms with van der Waals surface area (Å²) in [5.74, 6) is -1.17. The van der Waals surface area contributed by atoms with E-state index in [9.17, 15) is 13.2 Å². The average Bonchev–Trinajstić information content (AvgIpc) is 2.48. The van der Waals surface area contributed by atoms with Crippen molar-refractivity contribution < 1.29 is 18.3 Å². The molecule has 0 radical (unpaired) electrons. The number of aromatic nitrogens is 1. The SMILES string of the molecule is CCN(c1cccc(C(=O)O)n1)S(=O)(=O)c1ccc(Cl)cc1. The number of anilines is 1. The summed E-state index contributed by atoms with van der Waals surface area (Å²) in [6.07, 6.45) is 0. The zero-order chi connectivity index (χ0) is 16.3. The fraction of sp³-hybridized carbons (Fsp3) is 0.143. The lowest BCUT2D eigenvalue weighted by molar-refractivity contribution is 0.0690. The standard InChI is InChI=1S/C14H13ClN2O4S/c1-2-17(13-5-3-4-12(16-13)14(18)19)22(20,21)11-8-6-10(15)7-9-11/h3-9H,2H2,1H3,(H,18,19). The summed E-state index contributed by atoms with van der Waals surface area (Å²) in [4.78, 5) is 14.9. The van der Waals surface area contributed by atoms with Gasteiger partial charge in [-0.15, -0.1) is 0 Å². The lowest BCUT2D eigenvalue weighted by Crippen LogP contribution is -2.31. The molecule has 0 fully saturated rings. The second kappa shape index (κ2) is 6.33. The van der Waals surface area contributed by atoms with Gasteiger partial charge in [0, 0.05) is 11.6 Å². The predicted octanol–water partition coefficient (Wildman–Crippen LogP) is 2.65. The molecule has 0 saturated carbocycles. The van der Waals surface area contributed by atoms with Gasteiger partial charge in [-0.05, 0) is 43.3 Å². The third-order valence-electron chi connectivity index (χ3n) is 2.90. The van der Waals surface area contributed by atoms with Gasteiger partial charge in [0.2, 0.25) is 0 Å². The second-order valence-electron chi connectivity index (χ2n) is 4.31. The molecule has 116 valence electrons. The number of pyridine rings is 1. The van der Waals surface area contributed by atoms with E-state index in [-0.39, 0.29) is 23.0 Å². The van der Waals surface area contributed by atoms with E-state index in [1.165, 1.54) is 42.5 Å². The summed E-state index contributed by atoms with van der Waals surface area (Å²) in [6.45, 7) is 1.75. The second-order valence-corrected chi connectivity index (χ2v) is 6.61. The van der Waals surface area contributed by atoms with E-state index in [1.54, 1.807) is 6.92 Å². The molecule has 1 aromatic carbocycles. The van der Waals surface area contributed by atoms with E-state index in [0.29, 0.717) is 5.02 Å². The summed E-state index contributed by atoms with van der Waals surface area (Å²) in [5, 5.41) is 9.39. The summed E-state index contributed by atoms with van der Waals surface area (Å²) in [7, 11) is -3.84. The first-order valence-corrected chi connectivity index (χ1v) is 8.16. The van der Waals surface area contributed by atoms with E-state index in [2.05, 4.69) is 4.98 Å². The summed E-state index contributed by atoms with van der Waals surface area (Å²) in [5.41, 5.74) is -0.220. The first-order valence-electron chi connectivity index (χ1n) is 6.35. The van der Waals surface area contributed by atoms with Crippen LogP contribution in [0.2, 0.25) is 5.02 Å². The normalized spacial score (nSPS) is 11.2. The van der Waals surface area contributed by atoms with Crippen LogP contribution in [0, 0.1) is 0 Å². The zero-order valence-electron chi connectivity index (χ0n) is 11.6. The van der Waals surface area contributed by atoms with Crippen LogP contribution < -0.4 is 4.31 Å². The number of carboxylic acid groups (broad SMARTS) is 1. The number of halogens is 1. The van der Waals surface area contributed by atoms with E-state index in [1.807, 2.05) is 0 Å². The van der Waals surface area contributed by atoms with Crippen molar-refractivity contribution in [3.8, 4) is 0 Å². The molecular weight excluding hydrogens is 328 g/mol. The van der Waals surface area contributed by atoms with Crippen LogP contribution in [0.5, 0.6) is 0 Å². The average molecular weight is 341 g/mol. The van der Waals surface area contributed by atoms with Gasteiger partial charge < -0.3 is 5.11 Å². The van der Waals surface area contributed by atoms with Crippen LogP contribution in [0.1, 0.15) is 17.4 Å². The van der Waals surface area contributed by atoms with Gasteiger partial charge in [-0.2, -0.15) is 0 Å². The highest BCUT2D eigenvalue weighted by molar-refractivity contribution is 7.92. The van der Waals surface area contributed by atoms with Crippen LogP contribution in [-0.2, 0) is 10.0 Å². The topological polar surface area (TPSA) is 87.6 Å². The van der Waals surface area contributed by atoms with E-state index in [0.717, 1.165) is 4.31 Å². The summed E-state index contributed by atoms with van der Waals surface area (Å²) < 4.78 is 26.3. The lowest BCUT2D eigenvalue weighted by Gasteiger charge is -2.22. The minimum absolute atomic E-state index is 0.0531. The summed E-state index contributed by atoms with van der Waals surface area (Å²) in [6, 6.07) is 9.93. The fourth-order valence-corrected chi connectivity index (χ4v) is 3.42. The largest absolute Gasteiger partial charge is 0.477 e. The Morgan fingerprint density at radius 3 is 2.41 bits per heavy atom. The van der Waals surface area contributed by atoms with Crippen LogP contribution in [0.4, 0.5) is 5.82 Å². The maximum atomic E-state index is 12.7. The Bertz CT molecular complexity index is 791. The number of hydrogen-bond donors (Lipinski definition) is 1. The highest BCUT2D eigenvalue weighted by Gasteiger charge is 2.25. The fourth-order valence-electron chi connectivity index (χ4n) is 1.87. The Morgan fingerprint density at radius 1 is 1.23 bits per heavy atom. The van der Waals surface area contributed by atoms with Crippen LogP contribution in [0.25, 0.3) is 0 Å². The van der Waals surface area contributed by atoms with Gasteiger partial charge in [0.1, 0.15) is 5.82 Å². The molecule has 6 nitrogen and oxygen atoms in total. The maximum Gasteiger partial charge on any atom is 0.354 e. The number of sulfonamides is 1. The van der Waals surface area contributed by atoms with Gasteiger partial charge >= 0.3 is 5.97 Å². The highest BCUT2D eigenvalue weighted by Crippen LogP contribution is 2.23. The van der Waals surface area contributed by atoms with Gasteiger partial charge in [0.15, 0.2) is 5.69 Å². The molecule has 0 unspecified atom stereocenters. The Labute approximate surface area is 133 Å². The van der Waals surface area contributed by atoms with E-state index in [4.69, 9.17) is 16.7 Å². The number of aromatic carboxylic acids is 1. The Morgan fingerprint density at radius 2 is 1.86 bits per heavy atom. The molecule has 0 aliphatic carbocycles. The number of carbonyl (C=O) groups is 1. The van der Waals surface area contributed by atoms with Crippen molar-refractivity contribution >= 4 is 33.4 Å². The van der Waals surface area contributed by atoms with Gasteiger partial charge in [-0.3, -0.25) is 4.31 Å². The van der Waals surface area contributed by atoms with E-state index < -0.39 is 16.0 Å². The van der Waals surface area contributed by atoms with Crippen molar-refractivity contribution in [2.24, 2.45) is 0 Å². The molecule has 1 heterocycles. The molecular formula is C14H13ClN2O4S. The predicted molar refractivity (Wildman–Crippen MR) is 82.9 cm³/mol. The molecule has 2 aromatic rings. The molecule has 1 N–H and O–H groups in total. The smallest absolute Gasteiger partial charge is 0.354 e. The number of benzene rings is 1. The molecule has 0 spiro atoms. The van der Waals surface area contributed by atoms with Crippen LogP contribution >= 0.6 is 11.6 Å².